The summed E-state index contributed by atoms with van der Waals surface area (Å²) in [6.45, 7) is 1.04. The topological polar surface area (TPSA) is 64.6 Å². The Kier molecular flexibility index (Phi) is 4.70. The van der Waals surface area contributed by atoms with Crippen molar-refractivity contribution in [3.05, 3.63) is 45.9 Å². The fourth-order valence-electron chi connectivity index (χ4n) is 2.09. The van der Waals surface area contributed by atoms with Gasteiger partial charge in [0.15, 0.2) is 11.5 Å². The molecule has 0 aromatic heterocycles. The molecule has 0 fully saturated rings. The van der Waals surface area contributed by atoms with Gasteiger partial charge in [-0.1, -0.05) is 27.5 Å². The quantitative estimate of drug-likeness (QED) is 0.816. The van der Waals surface area contributed by atoms with Crippen molar-refractivity contribution in [2.24, 2.45) is 0 Å². The molecule has 0 saturated heterocycles. The molecule has 0 atom stereocenters. The molecule has 0 saturated carbocycles. The van der Waals surface area contributed by atoms with Gasteiger partial charge in [-0.05, 0) is 30.3 Å². The van der Waals surface area contributed by atoms with Gasteiger partial charge in [-0.25, -0.2) is 8.42 Å². The van der Waals surface area contributed by atoms with E-state index in [4.69, 9.17) is 21.1 Å². The van der Waals surface area contributed by atoms with Crippen LogP contribution in [0.5, 0.6) is 11.5 Å². The molecule has 1 N–H and O–H groups in total. The number of rotatable bonds is 3. The summed E-state index contributed by atoms with van der Waals surface area (Å²) in [5, 5.41) is 0.303. The van der Waals surface area contributed by atoms with E-state index >= 15 is 0 Å². The second-order valence-corrected chi connectivity index (χ2v) is 7.89. The largest absolute Gasteiger partial charge is 0.490 e. The van der Waals surface area contributed by atoms with Crippen LogP contribution in [-0.2, 0) is 10.0 Å². The molecule has 1 heterocycles. The molecule has 23 heavy (non-hydrogen) atoms. The van der Waals surface area contributed by atoms with E-state index in [-0.39, 0.29) is 4.90 Å². The van der Waals surface area contributed by atoms with Gasteiger partial charge < -0.3 is 9.47 Å². The van der Waals surface area contributed by atoms with Crippen molar-refractivity contribution in [1.82, 2.24) is 0 Å². The highest BCUT2D eigenvalue weighted by atomic mass is 79.9. The van der Waals surface area contributed by atoms with Crippen LogP contribution in [-0.4, -0.2) is 21.6 Å². The molecule has 0 aliphatic carbocycles. The third kappa shape index (κ3) is 3.73. The average molecular weight is 419 g/mol. The smallest absolute Gasteiger partial charge is 0.262 e. The van der Waals surface area contributed by atoms with Crippen molar-refractivity contribution in [3.63, 3.8) is 0 Å². The Bertz CT molecular complexity index is 841. The van der Waals surface area contributed by atoms with E-state index in [1.54, 1.807) is 24.3 Å². The van der Waals surface area contributed by atoms with Crippen LogP contribution in [0, 0.1) is 0 Å². The Morgan fingerprint density at radius 3 is 2.52 bits per heavy atom. The van der Waals surface area contributed by atoms with Gasteiger partial charge in [-0.15, -0.1) is 0 Å². The third-order valence-corrected chi connectivity index (χ3v) is 5.37. The van der Waals surface area contributed by atoms with Crippen LogP contribution in [0.15, 0.2) is 45.8 Å². The summed E-state index contributed by atoms with van der Waals surface area (Å²) >= 11 is 9.34. The van der Waals surface area contributed by atoms with Crippen molar-refractivity contribution in [2.45, 2.75) is 11.3 Å². The molecular weight excluding hydrogens is 406 g/mol. The number of fused-ring (bicyclic) bond motifs is 1. The molecule has 2 aromatic carbocycles. The fraction of sp³-hybridized carbons (Fsp3) is 0.200. The van der Waals surface area contributed by atoms with E-state index in [0.29, 0.717) is 35.4 Å². The monoisotopic (exact) mass is 417 g/mol. The molecule has 2 aromatic rings. The van der Waals surface area contributed by atoms with Crippen molar-refractivity contribution in [3.8, 4) is 11.5 Å². The minimum Gasteiger partial charge on any atom is -0.490 e. The Labute approximate surface area is 147 Å². The lowest BCUT2D eigenvalue weighted by atomic mass is 10.3. The highest BCUT2D eigenvalue weighted by molar-refractivity contribution is 9.10. The van der Waals surface area contributed by atoms with Gasteiger partial charge in [-0.2, -0.15) is 0 Å². The van der Waals surface area contributed by atoms with Gasteiger partial charge in [0.25, 0.3) is 10.0 Å². The van der Waals surface area contributed by atoms with Crippen molar-refractivity contribution >= 4 is 43.2 Å². The standard InChI is InChI=1S/C15H13BrClNO4S/c16-10-2-4-13(12(17)8-10)18-23(19,20)11-3-5-14-15(9-11)22-7-1-6-21-14/h2-5,8-9,18H,1,6-7H2. The van der Waals surface area contributed by atoms with Crippen molar-refractivity contribution in [1.29, 1.82) is 0 Å². The van der Waals surface area contributed by atoms with E-state index in [0.717, 1.165) is 10.9 Å². The Hall–Kier alpha value is -1.44. The van der Waals surface area contributed by atoms with Gasteiger partial charge in [0.05, 0.1) is 28.8 Å². The first-order valence-electron chi connectivity index (χ1n) is 6.83. The van der Waals surface area contributed by atoms with Gasteiger partial charge in [-0.3, -0.25) is 4.72 Å². The molecule has 1 aliphatic rings. The predicted molar refractivity (Wildman–Crippen MR) is 92.0 cm³/mol. The molecule has 0 spiro atoms. The summed E-state index contributed by atoms with van der Waals surface area (Å²) in [7, 11) is -3.78. The van der Waals surface area contributed by atoms with Crippen LogP contribution in [0.3, 0.4) is 0 Å². The minimum absolute atomic E-state index is 0.0840. The molecule has 0 radical (unpaired) electrons. The number of anilines is 1. The summed E-state index contributed by atoms with van der Waals surface area (Å²) in [6, 6.07) is 9.44. The van der Waals surface area contributed by atoms with Crippen LogP contribution in [0.1, 0.15) is 6.42 Å². The number of hydrogen-bond donors (Lipinski definition) is 1. The normalized spacial score (nSPS) is 14.2. The summed E-state index contributed by atoms with van der Waals surface area (Å²) < 4.78 is 39.3. The minimum atomic E-state index is -3.78. The van der Waals surface area contributed by atoms with Crippen LogP contribution >= 0.6 is 27.5 Å². The van der Waals surface area contributed by atoms with E-state index in [1.807, 2.05) is 0 Å². The number of ether oxygens (including phenoxy) is 2. The summed E-state index contributed by atoms with van der Waals surface area (Å²) in [6.07, 6.45) is 0.753. The van der Waals surface area contributed by atoms with Crippen molar-refractivity contribution < 1.29 is 17.9 Å². The Morgan fingerprint density at radius 2 is 1.78 bits per heavy atom. The maximum absolute atomic E-state index is 12.5. The van der Waals surface area contributed by atoms with E-state index < -0.39 is 10.0 Å². The molecule has 122 valence electrons. The van der Waals surface area contributed by atoms with Crippen LogP contribution in [0.2, 0.25) is 5.02 Å². The number of nitrogens with one attached hydrogen (secondary N) is 1. The Morgan fingerprint density at radius 1 is 1.04 bits per heavy atom. The van der Waals surface area contributed by atoms with E-state index in [9.17, 15) is 8.42 Å². The molecule has 0 bridgehead atoms. The molecule has 0 amide bonds. The zero-order valence-corrected chi connectivity index (χ0v) is 15.0. The molecular formula is C15H13BrClNO4S. The lowest BCUT2D eigenvalue weighted by Crippen LogP contribution is -2.13. The van der Waals surface area contributed by atoms with Gasteiger partial charge in [0.1, 0.15) is 0 Å². The number of benzene rings is 2. The summed E-state index contributed by atoms with van der Waals surface area (Å²) in [4.78, 5) is 0.0840. The number of sulfonamides is 1. The summed E-state index contributed by atoms with van der Waals surface area (Å²) in [5.41, 5.74) is 0.307. The lowest BCUT2D eigenvalue weighted by Gasteiger charge is -2.12. The highest BCUT2D eigenvalue weighted by Crippen LogP contribution is 2.33. The van der Waals surface area contributed by atoms with E-state index in [1.165, 1.54) is 12.1 Å². The maximum atomic E-state index is 12.5. The molecule has 0 unspecified atom stereocenters. The zero-order valence-electron chi connectivity index (χ0n) is 11.9. The second-order valence-electron chi connectivity index (χ2n) is 4.89. The van der Waals surface area contributed by atoms with Crippen LogP contribution in [0.4, 0.5) is 5.69 Å². The predicted octanol–water partition coefficient (Wildman–Crippen LogP) is 4.06. The van der Waals surface area contributed by atoms with Crippen LogP contribution < -0.4 is 14.2 Å². The van der Waals surface area contributed by atoms with Gasteiger partial charge >= 0.3 is 0 Å². The maximum Gasteiger partial charge on any atom is 0.262 e. The van der Waals surface area contributed by atoms with E-state index in [2.05, 4.69) is 20.7 Å². The highest BCUT2D eigenvalue weighted by Gasteiger charge is 2.19. The molecule has 8 heteroatoms. The number of hydrogen-bond acceptors (Lipinski definition) is 4. The Balaban J connectivity index is 1.92. The third-order valence-electron chi connectivity index (χ3n) is 3.20. The van der Waals surface area contributed by atoms with Gasteiger partial charge in [0.2, 0.25) is 0 Å². The first-order valence-corrected chi connectivity index (χ1v) is 9.49. The average Bonchev–Trinajstić information content (AvgIpc) is 2.74. The van der Waals surface area contributed by atoms with Crippen molar-refractivity contribution in [2.75, 3.05) is 17.9 Å². The molecule has 3 rings (SSSR count). The second kappa shape index (κ2) is 6.59. The number of halogens is 2. The summed E-state index contributed by atoms with van der Waals surface area (Å²) in [5.74, 6) is 0.968. The first kappa shape index (κ1) is 16.4. The van der Waals surface area contributed by atoms with Crippen LogP contribution in [0.25, 0.3) is 0 Å². The SMILES string of the molecule is O=S(=O)(Nc1ccc(Br)cc1Cl)c1ccc2c(c1)OCCCO2. The zero-order chi connectivity index (χ0) is 16.4. The first-order chi connectivity index (χ1) is 11.0. The lowest BCUT2D eigenvalue weighted by molar-refractivity contribution is 0.297. The van der Waals surface area contributed by atoms with Gasteiger partial charge in [0, 0.05) is 17.0 Å². The molecule has 5 nitrogen and oxygen atoms in total. The molecule has 1 aliphatic heterocycles. The fourth-order valence-corrected chi connectivity index (χ4v) is 3.96.